The highest BCUT2D eigenvalue weighted by atomic mass is 32.2. The molecule has 2 aromatic rings. The molecule has 0 aromatic heterocycles. The first-order valence-electron chi connectivity index (χ1n) is 9.50. The van der Waals surface area contributed by atoms with E-state index in [2.05, 4.69) is 47.6 Å². The van der Waals surface area contributed by atoms with E-state index in [1.54, 1.807) is 0 Å². The first kappa shape index (κ1) is 21.8. The van der Waals surface area contributed by atoms with Crippen molar-refractivity contribution < 1.29 is 9.59 Å². The SMILES string of the molecule is CCN(CCNC(=O)CSCC(=O)Nc1cccc(C)c1)c1cccc(C)c1. The first-order valence-corrected chi connectivity index (χ1v) is 10.7. The number of hydrogen-bond acceptors (Lipinski definition) is 4. The minimum Gasteiger partial charge on any atom is -0.370 e. The second-order valence-corrected chi connectivity index (χ2v) is 7.66. The van der Waals surface area contributed by atoms with E-state index in [9.17, 15) is 9.59 Å². The predicted octanol–water partition coefficient (Wildman–Crippen LogP) is 3.62. The summed E-state index contributed by atoms with van der Waals surface area (Å²) in [5, 5.41) is 5.78. The van der Waals surface area contributed by atoms with Crippen molar-refractivity contribution >= 4 is 35.0 Å². The Morgan fingerprint density at radius 2 is 1.64 bits per heavy atom. The Kier molecular flexibility index (Phi) is 8.88. The third-order valence-electron chi connectivity index (χ3n) is 4.22. The number of thioether (sulfide) groups is 1. The monoisotopic (exact) mass is 399 g/mol. The quantitative estimate of drug-likeness (QED) is 0.641. The standard InChI is InChI=1S/C22H29N3O2S/c1-4-25(20-10-6-8-18(3)14-20)12-11-23-21(26)15-28-16-22(27)24-19-9-5-7-17(2)13-19/h5-10,13-14H,4,11-12,15-16H2,1-3H3,(H,23,26)(H,24,27). The molecule has 0 heterocycles. The Bertz CT molecular complexity index is 795. The molecule has 0 aliphatic carbocycles. The number of rotatable bonds is 10. The van der Waals surface area contributed by atoms with Gasteiger partial charge in [0.15, 0.2) is 0 Å². The van der Waals surface area contributed by atoms with E-state index in [4.69, 9.17) is 0 Å². The van der Waals surface area contributed by atoms with Gasteiger partial charge in [0.05, 0.1) is 11.5 Å². The molecule has 0 aliphatic rings. The van der Waals surface area contributed by atoms with Crippen molar-refractivity contribution in [2.75, 3.05) is 41.4 Å². The van der Waals surface area contributed by atoms with Gasteiger partial charge < -0.3 is 15.5 Å². The predicted molar refractivity (Wildman–Crippen MR) is 119 cm³/mol. The van der Waals surface area contributed by atoms with Crippen LogP contribution in [0.2, 0.25) is 0 Å². The maximum atomic E-state index is 12.0. The van der Waals surface area contributed by atoms with Gasteiger partial charge in [0.25, 0.3) is 0 Å². The van der Waals surface area contributed by atoms with E-state index in [1.807, 2.05) is 37.3 Å². The van der Waals surface area contributed by atoms with Crippen LogP contribution in [0, 0.1) is 13.8 Å². The zero-order chi connectivity index (χ0) is 20.4. The molecule has 0 saturated carbocycles. The molecular weight excluding hydrogens is 370 g/mol. The van der Waals surface area contributed by atoms with Gasteiger partial charge >= 0.3 is 0 Å². The summed E-state index contributed by atoms with van der Waals surface area (Å²) in [5.41, 5.74) is 4.27. The highest BCUT2D eigenvalue weighted by Crippen LogP contribution is 2.15. The van der Waals surface area contributed by atoms with Gasteiger partial charge in [0, 0.05) is 31.0 Å². The van der Waals surface area contributed by atoms with Gasteiger partial charge in [0.1, 0.15) is 0 Å². The van der Waals surface area contributed by atoms with Crippen molar-refractivity contribution in [1.82, 2.24) is 5.32 Å². The van der Waals surface area contributed by atoms with Gasteiger partial charge in [-0.1, -0.05) is 24.3 Å². The zero-order valence-corrected chi connectivity index (χ0v) is 17.6. The molecule has 0 aliphatic heterocycles. The molecular formula is C22H29N3O2S. The molecule has 0 fully saturated rings. The molecule has 0 unspecified atom stereocenters. The van der Waals surface area contributed by atoms with Crippen molar-refractivity contribution in [2.45, 2.75) is 20.8 Å². The third kappa shape index (κ3) is 7.64. The van der Waals surface area contributed by atoms with E-state index in [-0.39, 0.29) is 23.3 Å². The molecule has 5 nitrogen and oxygen atoms in total. The van der Waals surface area contributed by atoms with E-state index in [1.165, 1.54) is 23.0 Å². The number of amides is 2. The van der Waals surface area contributed by atoms with Crippen LogP contribution in [0.3, 0.4) is 0 Å². The van der Waals surface area contributed by atoms with Crippen LogP contribution in [0.15, 0.2) is 48.5 Å². The van der Waals surface area contributed by atoms with E-state index >= 15 is 0 Å². The van der Waals surface area contributed by atoms with Crippen molar-refractivity contribution in [3.05, 3.63) is 59.7 Å². The molecule has 2 aromatic carbocycles. The Balaban J connectivity index is 1.65. The van der Waals surface area contributed by atoms with Gasteiger partial charge in [-0.05, 0) is 56.2 Å². The number of nitrogens with one attached hydrogen (secondary N) is 2. The van der Waals surface area contributed by atoms with Crippen LogP contribution in [-0.2, 0) is 9.59 Å². The van der Waals surface area contributed by atoms with E-state index < -0.39 is 0 Å². The summed E-state index contributed by atoms with van der Waals surface area (Å²) in [6.07, 6.45) is 0. The average molecular weight is 400 g/mol. The summed E-state index contributed by atoms with van der Waals surface area (Å²) in [5.74, 6) is 0.387. The topological polar surface area (TPSA) is 61.4 Å². The number of hydrogen-bond donors (Lipinski definition) is 2. The fourth-order valence-electron chi connectivity index (χ4n) is 2.83. The normalized spacial score (nSPS) is 10.4. The Hall–Kier alpha value is -2.47. The highest BCUT2D eigenvalue weighted by molar-refractivity contribution is 8.00. The van der Waals surface area contributed by atoms with Crippen molar-refractivity contribution in [2.24, 2.45) is 0 Å². The first-order chi connectivity index (χ1) is 13.5. The molecule has 0 radical (unpaired) electrons. The molecule has 6 heteroatoms. The van der Waals surface area contributed by atoms with Crippen LogP contribution in [-0.4, -0.2) is 43.0 Å². The summed E-state index contributed by atoms with van der Waals surface area (Å²) < 4.78 is 0. The maximum absolute atomic E-state index is 12.0. The Morgan fingerprint density at radius 1 is 0.964 bits per heavy atom. The molecule has 0 bridgehead atoms. The maximum Gasteiger partial charge on any atom is 0.234 e. The number of likely N-dealkylation sites (N-methyl/N-ethyl adjacent to an activating group) is 1. The van der Waals surface area contributed by atoms with Gasteiger partial charge in [-0.25, -0.2) is 0 Å². The lowest BCUT2D eigenvalue weighted by Gasteiger charge is -2.23. The van der Waals surface area contributed by atoms with Crippen molar-refractivity contribution in [1.29, 1.82) is 0 Å². The van der Waals surface area contributed by atoms with Gasteiger partial charge in [0.2, 0.25) is 11.8 Å². The summed E-state index contributed by atoms with van der Waals surface area (Å²) >= 11 is 1.32. The van der Waals surface area contributed by atoms with Gasteiger partial charge in [-0.3, -0.25) is 9.59 Å². The minimum absolute atomic E-state index is 0.0475. The van der Waals surface area contributed by atoms with Crippen LogP contribution in [0.25, 0.3) is 0 Å². The fourth-order valence-corrected chi connectivity index (χ4v) is 3.48. The summed E-state index contributed by atoms with van der Waals surface area (Å²) in [7, 11) is 0. The lowest BCUT2D eigenvalue weighted by molar-refractivity contribution is -0.118. The number of carbonyl (C=O) groups is 2. The highest BCUT2D eigenvalue weighted by Gasteiger charge is 2.08. The zero-order valence-electron chi connectivity index (χ0n) is 16.8. The van der Waals surface area contributed by atoms with Crippen LogP contribution in [0.1, 0.15) is 18.1 Å². The average Bonchev–Trinajstić information content (AvgIpc) is 2.65. The molecule has 2 amide bonds. The minimum atomic E-state index is -0.0972. The van der Waals surface area contributed by atoms with Crippen molar-refractivity contribution in [3.8, 4) is 0 Å². The molecule has 0 atom stereocenters. The smallest absolute Gasteiger partial charge is 0.234 e. The molecule has 2 N–H and O–H groups in total. The lowest BCUT2D eigenvalue weighted by Crippen LogP contribution is -2.35. The van der Waals surface area contributed by atoms with Crippen LogP contribution < -0.4 is 15.5 Å². The third-order valence-corrected chi connectivity index (χ3v) is 5.15. The fraction of sp³-hybridized carbons (Fsp3) is 0.364. The number of carbonyl (C=O) groups excluding carboxylic acids is 2. The molecule has 150 valence electrons. The van der Waals surface area contributed by atoms with Gasteiger partial charge in [-0.2, -0.15) is 0 Å². The number of nitrogens with zero attached hydrogens (tertiary/aromatic N) is 1. The number of aryl methyl sites for hydroxylation is 2. The van der Waals surface area contributed by atoms with E-state index in [0.29, 0.717) is 6.54 Å². The van der Waals surface area contributed by atoms with Gasteiger partial charge in [-0.15, -0.1) is 11.8 Å². The van der Waals surface area contributed by atoms with E-state index in [0.717, 1.165) is 24.3 Å². The van der Waals surface area contributed by atoms with Crippen molar-refractivity contribution in [3.63, 3.8) is 0 Å². The Morgan fingerprint density at radius 3 is 2.32 bits per heavy atom. The van der Waals surface area contributed by atoms with Crippen LogP contribution in [0.4, 0.5) is 11.4 Å². The number of anilines is 2. The molecule has 0 saturated heterocycles. The lowest BCUT2D eigenvalue weighted by atomic mass is 10.2. The second kappa shape index (κ2) is 11.4. The molecule has 0 spiro atoms. The van der Waals surface area contributed by atoms with Crippen LogP contribution >= 0.6 is 11.8 Å². The Labute approximate surface area is 171 Å². The largest absolute Gasteiger partial charge is 0.370 e. The summed E-state index contributed by atoms with van der Waals surface area (Å²) in [4.78, 5) is 26.2. The number of benzene rings is 2. The molecule has 2 rings (SSSR count). The second-order valence-electron chi connectivity index (χ2n) is 6.68. The summed E-state index contributed by atoms with van der Waals surface area (Å²) in [6.45, 7) is 8.37. The summed E-state index contributed by atoms with van der Waals surface area (Å²) in [6, 6.07) is 16.0. The van der Waals surface area contributed by atoms with Crippen LogP contribution in [0.5, 0.6) is 0 Å². The molecule has 28 heavy (non-hydrogen) atoms.